The monoisotopic (exact) mass is 657 g/mol. The Morgan fingerprint density at radius 2 is 1.68 bits per heavy atom. The standard InChI is InChI=1S/C34H39N7O5S/c1-21(2)41(34(44)36-17-23-10-14-26(46-4)15-11-23)39-20-30(42)40-27(16-22-8-12-25(45-3)13-9-22)32(43)38(19-29(39)40)18-24-6-5-7-28-31(24)37-33(35)47-28/h5-15,21,27,29H,16-20H2,1-4H3,(H2,35,37)(H,36,44)/t27-,29+/m0/s1. The first kappa shape index (κ1) is 32.1. The lowest BCUT2D eigenvalue weighted by molar-refractivity contribution is -0.158. The van der Waals surface area contributed by atoms with Gasteiger partial charge in [-0.15, -0.1) is 0 Å². The molecule has 0 unspecified atom stereocenters. The summed E-state index contributed by atoms with van der Waals surface area (Å²) in [5.74, 6) is 1.07. The van der Waals surface area contributed by atoms with Crippen molar-refractivity contribution in [2.45, 2.75) is 51.6 Å². The molecular formula is C34H39N7O5S. The number of hydrazine groups is 1. The number of amides is 4. The highest BCUT2D eigenvalue weighted by Crippen LogP contribution is 2.33. The van der Waals surface area contributed by atoms with Gasteiger partial charge >= 0.3 is 6.03 Å². The first-order chi connectivity index (χ1) is 22.7. The third-order valence-corrected chi connectivity index (χ3v) is 9.46. The molecule has 3 aromatic carbocycles. The molecule has 1 aromatic heterocycles. The second kappa shape index (κ2) is 13.5. The van der Waals surface area contributed by atoms with Crippen LogP contribution in [0, 0.1) is 0 Å². The van der Waals surface area contributed by atoms with Crippen LogP contribution in [0.4, 0.5) is 9.93 Å². The average molecular weight is 658 g/mol. The minimum atomic E-state index is -0.768. The summed E-state index contributed by atoms with van der Waals surface area (Å²) >= 11 is 1.40. The molecule has 0 spiro atoms. The number of nitrogens with zero attached hydrogens (tertiary/aromatic N) is 5. The van der Waals surface area contributed by atoms with Gasteiger partial charge in [0, 0.05) is 25.6 Å². The summed E-state index contributed by atoms with van der Waals surface area (Å²) in [5, 5.41) is 6.88. The van der Waals surface area contributed by atoms with Crippen LogP contribution < -0.4 is 20.5 Å². The summed E-state index contributed by atoms with van der Waals surface area (Å²) < 4.78 is 11.5. The number of nitrogens with two attached hydrogens (primary N) is 1. The first-order valence-electron chi connectivity index (χ1n) is 15.5. The van der Waals surface area contributed by atoms with Crippen LogP contribution >= 0.6 is 11.3 Å². The van der Waals surface area contributed by atoms with Crippen LogP contribution in [-0.4, -0.2) is 88.2 Å². The van der Waals surface area contributed by atoms with Crippen molar-refractivity contribution in [3.05, 3.63) is 83.4 Å². The largest absolute Gasteiger partial charge is 0.497 e. The molecule has 4 amide bonds. The third kappa shape index (κ3) is 6.54. The van der Waals surface area contributed by atoms with Crippen molar-refractivity contribution < 1.29 is 23.9 Å². The summed E-state index contributed by atoms with van der Waals surface area (Å²) in [7, 11) is 3.21. The molecule has 2 saturated heterocycles. The van der Waals surface area contributed by atoms with E-state index in [4.69, 9.17) is 15.2 Å². The van der Waals surface area contributed by atoms with E-state index in [1.807, 2.05) is 80.6 Å². The van der Waals surface area contributed by atoms with Gasteiger partial charge in [0.05, 0.1) is 37.5 Å². The molecule has 2 atom stereocenters. The number of para-hydroxylation sites is 1. The molecule has 13 heteroatoms. The zero-order chi connectivity index (χ0) is 33.2. The summed E-state index contributed by atoms with van der Waals surface area (Å²) in [5.41, 5.74) is 9.47. The Balaban J connectivity index is 1.30. The maximum atomic E-state index is 14.3. The lowest BCUT2D eigenvalue weighted by Crippen LogP contribution is -2.66. The highest BCUT2D eigenvalue weighted by atomic mass is 32.1. The van der Waals surface area contributed by atoms with Gasteiger partial charge in [0.1, 0.15) is 23.7 Å². The normalized spacial score (nSPS) is 18.1. The molecule has 2 aliphatic rings. The minimum Gasteiger partial charge on any atom is -0.497 e. The van der Waals surface area contributed by atoms with Gasteiger partial charge in [-0.2, -0.15) is 5.01 Å². The second-order valence-corrected chi connectivity index (χ2v) is 13.0. The third-order valence-electron chi connectivity index (χ3n) is 8.61. The van der Waals surface area contributed by atoms with E-state index in [-0.39, 0.29) is 43.5 Å². The van der Waals surface area contributed by atoms with Gasteiger partial charge in [0.25, 0.3) is 0 Å². The molecule has 246 valence electrons. The number of ether oxygens (including phenoxy) is 2. The fraction of sp³-hybridized carbons (Fsp3) is 0.353. The molecule has 0 radical (unpaired) electrons. The average Bonchev–Trinajstić information content (AvgIpc) is 3.61. The second-order valence-electron chi connectivity index (χ2n) is 11.9. The molecule has 0 saturated carbocycles. The van der Waals surface area contributed by atoms with E-state index < -0.39 is 12.2 Å². The van der Waals surface area contributed by atoms with Crippen molar-refractivity contribution >= 4 is 44.5 Å². The topological polar surface area (TPSA) is 134 Å². The van der Waals surface area contributed by atoms with Crippen molar-refractivity contribution in [1.29, 1.82) is 0 Å². The molecule has 0 bridgehead atoms. The van der Waals surface area contributed by atoms with Gasteiger partial charge in [-0.3, -0.25) is 14.6 Å². The summed E-state index contributed by atoms with van der Waals surface area (Å²) in [6.45, 7) is 4.60. The van der Waals surface area contributed by atoms with Crippen LogP contribution in [0.1, 0.15) is 30.5 Å². The molecule has 2 aliphatic heterocycles. The summed E-state index contributed by atoms with van der Waals surface area (Å²) in [6.07, 6.45) is -0.244. The van der Waals surface area contributed by atoms with Gasteiger partial charge in [-0.25, -0.2) is 9.78 Å². The molecule has 47 heavy (non-hydrogen) atoms. The summed E-state index contributed by atoms with van der Waals surface area (Å²) in [4.78, 5) is 49.8. The van der Waals surface area contributed by atoms with Crippen molar-refractivity contribution in [3.8, 4) is 11.5 Å². The number of thiazole rings is 1. The Morgan fingerprint density at radius 1 is 1.02 bits per heavy atom. The van der Waals surface area contributed by atoms with Crippen molar-refractivity contribution in [2.24, 2.45) is 0 Å². The fourth-order valence-electron chi connectivity index (χ4n) is 6.35. The molecular weight excluding hydrogens is 618 g/mol. The van der Waals surface area contributed by atoms with Gasteiger partial charge in [0.2, 0.25) is 11.8 Å². The van der Waals surface area contributed by atoms with Crippen LogP contribution in [0.3, 0.4) is 0 Å². The predicted molar refractivity (Wildman–Crippen MR) is 179 cm³/mol. The molecule has 3 N–H and O–H groups in total. The molecule has 2 fully saturated rings. The Morgan fingerprint density at radius 3 is 2.32 bits per heavy atom. The van der Waals surface area contributed by atoms with E-state index in [1.165, 1.54) is 11.3 Å². The number of anilines is 1. The number of nitrogen functional groups attached to an aromatic ring is 1. The quantitative estimate of drug-likeness (QED) is 0.263. The number of methoxy groups -OCH3 is 2. The lowest BCUT2D eigenvalue weighted by Gasteiger charge is -2.47. The Labute approximate surface area is 277 Å². The van der Waals surface area contributed by atoms with Crippen LogP contribution in [0.15, 0.2) is 66.7 Å². The number of hydrogen-bond donors (Lipinski definition) is 2. The van der Waals surface area contributed by atoms with Crippen molar-refractivity contribution in [1.82, 2.24) is 30.1 Å². The van der Waals surface area contributed by atoms with E-state index in [1.54, 1.807) is 34.0 Å². The Bertz CT molecular complexity index is 1760. The number of carbonyl (C=O) groups is 3. The first-order valence-corrected chi connectivity index (χ1v) is 16.3. The number of benzene rings is 3. The number of hydrogen-bond acceptors (Lipinski definition) is 9. The van der Waals surface area contributed by atoms with E-state index in [9.17, 15) is 14.4 Å². The van der Waals surface area contributed by atoms with Crippen molar-refractivity contribution in [2.75, 3.05) is 33.0 Å². The SMILES string of the molecule is COc1ccc(CNC(=O)N(C(C)C)N2CC(=O)N3[C@@H](Cc4ccc(OC)cc4)C(=O)N(Cc4cccc5sc(N)nc45)C[C@@H]32)cc1. The molecule has 6 rings (SSSR count). The maximum Gasteiger partial charge on any atom is 0.332 e. The number of aromatic nitrogens is 1. The van der Waals surface area contributed by atoms with E-state index in [0.717, 1.165) is 32.7 Å². The molecule has 4 aromatic rings. The van der Waals surface area contributed by atoms with Crippen LogP contribution in [0.5, 0.6) is 11.5 Å². The molecule has 0 aliphatic carbocycles. The van der Waals surface area contributed by atoms with Crippen molar-refractivity contribution in [3.63, 3.8) is 0 Å². The highest BCUT2D eigenvalue weighted by Gasteiger charge is 2.52. The number of piperazine rings is 1. The van der Waals surface area contributed by atoms with Crippen LogP contribution in [0.25, 0.3) is 10.2 Å². The number of carbonyl (C=O) groups excluding carboxylic acids is 3. The number of fused-ring (bicyclic) bond motifs is 2. The number of rotatable bonds is 10. The predicted octanol–water partition coefficient (Wildman–Crippen LogP) is 3.85. The van der Waals surface area contributed by atoms with Crippen LogP contribution in [0.2, 0.25) is 0 Å². The zero-order valence-corrected chi connectivity index (χ0v) is 27.7. The van der Waals surface area contributed by atoms with Gasteiger partial charge in [-0.1, -0.05) is 47.7 Å². The molecule has 3 heterocycles. The van der Waals surface area contributed by atoms with E-state index in [2.05, 4.69) is 10.3 Å². The maximum absolute atomic E-state index is 14.3. The Kier molecular flexibility index (Phi) is 9.19. The highest BCUT2D eigenvalue weighted by molar-refractivity contribution is 7.22. The molecule has 12 nitrogen and oxygen atoms in total. The lowest BCUT2D eigenvalue weighted by atomic mass is 9.99. The van der Waals surface area contributed by atoms with Gasteiger partial charge < -0.3 is 30.3 Å². The number of urea groups is 1. The van der Waals surface area contributed by atoms with Crippen LogP contribution in [-0.2, 0) is 29.1 Å². The summed E-state index contributed by atoms with van der Waals surface area (Å²) in [6, 6.07) is 19.5. The smallest absolute Gasteiger partial charge is 0.332 e. The minimum absolute atomic E-state index is 0.0305. The zero-order valence-electron chi connectivity index (χ0n) is 26.9. The Hall–Kier alpha value is -4.88. The fourth-order valence-corrected chi connectivity index (χ4v) is 7.14. The van der Waals surface area contributed by atoms with E-state index >= 15 is 0 Å². The van der Waals surface area contributed by atoms with Gasteiger partial charge in [0.15, 0.2) is 5.13 Å². The van der Waals surface area contributed by atoms with E-state index in [0.29, 0.717) is 23.8 Å². The van der Waals surface area contributed by atoms with Gasteiger partial charge in [-0.05, 0) is 60.9 Å². The number of nitrogens with one attached hydrogen (secondary N) is 1.